The van der Waals surface area contributed by atoms with Crippen LogP contribution in [0.5, 0.6) is 0 Å². The molecule has 118 valence electrons. The van der Waals surface area contributed by atoms with E-state index >= 15 is 0 Å². The summed E-state index contributed by atoms with van der Waals surface area (Å²) in [6, 6.07) is 10.1. The topological polar surface area (TPSA) is 50.7 Å². The van der Waals surface area contributed by atoms with E-state index in [1.54, 1.807) is 0 Å². The van der Waals surface area contributed by atoms with Gasteiger partial charge in [-0.15, -0.1) is 0 Å². The van der Waals surface area contributed by atoms with Crippen LogP contribution in [0.1, 0.15) is 37.9 Å². The standard InChI is InChI=1S/C17H27NO3/c1-14(15-7-3-2-4-8-15)21-13-16(19)11-18-12-17-9-5-6-10-20-17/h2-4,7-8,14,16-19H,5-6,9-13H2,1H3. The van der Waals surface area contributed by atoms with E-state index < -0.39 is 6.10 Å². The zero-order valence-electron chi connectivity index (χ0n) is 12.8. The lowest BCUT2D eigenvalue weighted by Crippen LogP contribution is -2.37. The molecular formula is C17H27NO3. The van der Waals surface area contributed by atoms with Gasteiger partial charge in [0.15, 0.2) is 0 Å². The van der Waals surface area contributed by atoms with Gasteiger partial charge in [-0.1, -0.05) is 30.3 Å². The third-order valence-corrected chi connectivity index (χ3v) is 3.83. The van der Waals surface area contributed by atoms with Crippen LogP contribution in [0.4, 0.5) is 0 Å². The van der Waals surface area contributed by atoms with Crippen molar-refractivity contribution in [2.24, 2.45) is 0 Å². The Bertz CT molecular complexity index is 379. The van der Waals surface area contributed by atoms with E-state index in [1.807, 2.05) is 37.3 Å². The van der Waals surface area contributed by atoms with Gasteiger partial charge in [-0.25, -0.2) is 0 Å². The van der Waals surface area contributed by atoms with Crippen molar-refractivity contribution in [3.63, 3.8) is 0 Å². The Morgan fingerprint density at radius 3 is 2.86 bits per heavy atom. The molecule has 0 amide bonds. The van der Waals surface area contributed by atoms with E-state index in [9.17, 15) is 5.11 Å². The van der Waals surface area contributed by atoms with Crippen LogP contribution in [-0.2, 0) is 9.47 Å². The van der Waals surface area contributed by atoms with Gasteiger partial charge in [0.2, 0.25) is 0 Å². The summed E-state index contributed by atoms with van der Waals surface area (Å²) in [5, 5.41) is 13.2. The quantitative estimate of drug-likeness (QED) is 0.772. The Hall–Kier alpha value is -0.940. The van der Waals surface area contributed by atoms with Crippen LogP contribution in [-0.4, -0.2) is 43.6 Å². The molecule has 3 atom stereocenters. The molecule has 0 radical (unpaired) electrons. The smallest absolute Gasteiger partial charge is 0.0897 e. The molecule has 4 nitrogen and oxygen atoms in total. The monoisotopic (exact) mass is 293 g/mol. The molecule has 2 rings (SSSR count). The summed E-state index contributed by atoms with van der Waals surface area (Å²) >= 11 is 0. The van der Waals surface area contributed by atoms with Gasteiger partial charge in [0, 0.05) is 19.7 Å². The first kappa shape index (κ1) is 16.4. The van der Waals surface area contributed by atoms with Gasteiger partial charge in [-0.2, -0.15) is 0 Å². The highest BCUT2D eigenvalue weighted by atomic mass is 16.5. The van der Waals surface area contributed by atoms with Crippen molar-refractivity contribution in [1.82, 2.24) is 5.32 Å². The molecule has 4 heteroatoms. The summed E-state index contributed by atoms with van der Waals surface area (Å²) in [4.78, 5) is 0. The second kappa shape index (κ2) is 9.15. The Balaban J connectivity index is 1.57. The Kier molecular flexibility index (Phi) is 7.16. The number of nitrogens with one attached hydrogen (secondary N) is 1. The number of hydrogen-bond acceptors (Lipinski definition) is 4. The van der Waals surface area contributed by atoms with Crippen LogP contribution in [0.25, 0.3) is 0 Å². The highest BCUT2D eigenvalue weighted by Crippen LogP contribution is 2.16. The average Bonchev–Trinajstić information content (AvgIpc) is 2.54. The zero-order chi connectivity index (χ0) is 14.9. The summed E-state index contributed by atoms with van der Waals surface area (Å²) in [5.74, 6) is 0. The van der Waals surface area contributed by atoms with Gasteiger partial charge in [0.05, 0.1) is 24.9 Å². The van der Waals surface area contributed by atoms with Gasteiger partial charge in [0.1, 0.15) is 0 Å². The fraction of sp³-hybridized carbons (Fsp3) is 0.647. The van der Waals surface area contributed by atoms with E-state index in [0.29, 0.717) is 19.3 Å². The summed E-state index contributed by atoms with van der Waals surface area (Å²) in [6.45, 7) is 4.57. The fourth-order valence-electron chi connectivity index (χ4n) is 2.51. The number of hydrogen-bond donors (Lipinski definition) is 2. The van der Waals surface area contributed by atoms with E-state index in [-0.39, 0.29) is 6.10 Å². The SMILES string of the molecule is CC(OCC(O)CNCC1CCCCO1)c1ccccc1. The molecule has 3 unspecified atom stereocenters. The van der Waals surface area contributed by atoms with Crippen molar-refractivity contribution >= 4 is 0 Å². The molecule has 2 N–H and O–H groups in total. The predicted octanol–water partition coefficient (Wildman–Crippen LogP) is 2.28. The average molecular weight is 293 g/mol. The molecule has 0 aromatic heterocycles. The number of ether oxygens (including phenoxy) is 2. The van der Waals surface area contributed by atoms with Crippen molar-refractivity contribution in [3.05, 3.63) is 35.9 Å². The number of aliphatic hydroxyl groups excluding tert-OH is 1. The van der Waals surface area contributed by atoms with Gasteiger partial charge in [-0.05, 0) is 31.7 Å². The Labute approximate surface area is 127 Å². The van der Waals surface area contributed by atoms with Gasteiger partial charge < -0.3 is 19.9 Å². The molecule has 1 heterocycles. The molecular weight excluding hydrogens is 266 g/mol. The highest BCUT2D eigenvalue weighted by Gasteiger charge is 2.14. The van der Waals surface area contributed by atoms with Gasteiger partial charge in [-0.3, -0.25) is 0 Å². The molecule has 0 spiro atoms. The number of aliphatic hydroxyl groups is 1. The number of benzene rings is 1. The molecule has 0 bridgehead atoms. The van der Waals surface area contributed by atoms with Crippen LogP contribution in [0.15, 0.2) is 30.3 Å². The summed E-state index contributed by atoms with van der Waals surface area (Å²) in [5.41, 5.74) is 1.13. The molecule has 1 fully saturated rings. The first-order valence-corrected chi connectivity index (χ1v) is 7.92. The van der Waals surface area contributed by atoms with Crippen molar-refractivity contribution in [3.8, 4) is 0 Å². The molecule has 1 aliphatic rings. The second-order valence-electron chi connectivity index (χ2n) is 5.69. The van der Waals surface area contributed by atoms with Crippen molar-refractivity contribution in [2.45, 2.75) is 44.5 Å². The van der Waals surface area contributed by atoms with Crippen molar-refractivity contribution in [2.75, 3.05) is 26.3 Å². The molecule has 1 saturated heterocycles. The van der Waals surface area contributed by atoms with Crippen LogP contribution < -0.4 is 5.32 Å². The molecule has 0 aliphatic carbocycles. The summed E-state index contributed by atoms with van der Waals surface area (Å²) < 4.78 is 11.4. The van der Waals surface area contributed by atoms with E-state index in [2.05, 4.69) is 5.32 Å². The minimum atomic E-state index is -0.486. The zero-order valence-corrected chi connectivity index (χ0v) is 12.8. The minimum Gasteiger partial charge on any atom is -0.389 e. The maximum absolute atomic E-state index is 9.95. The molecule has 1 aromatic carbocycles. The third-order valence-electron chi connectivity index (χ3n) is 3.83. The van der Waals surface area contributed by atoms with E-state index in [0.717, 1.165) is 25.1 Å². The van der Waals surface area contributed by atoms with Crippen molar-refractivity contribution < 1.29 is 14.6 Å². The predicted molar refractivity (Wildman–Crippen MR) is 83.3 cm³/mol. The van der Waals surface area contributed by atoms with Crippen LogP contribution in [0.2, 0.25) is 0 Å². The highest BCUT2D eigenvalue weighted by molar-refractivity contribution is 5.16. The first-order valence-electron chi connectivity index (χ1n) is 7.92. The maximum atomic E-state index is 9.95. The number of rotatable bonds is 8. The molecule has 1 aliphatic heterocycles. The molecule has 21 heavy (non-hydrogen) atoms. The maximum Gasteiger partial charge on any atom is 0.0897 e. The first-order chi connectivity index (χ1) is 10.3. The lowest BCUT2D eigenvalue weighted by Gasteiger charge is -2.23. The van der Waals surface area contributed by atoms with Gasteiger partial charge >= 0.3 is 0 Å². The Morgan fingerprint density at radius 1 is 1.33 bits per heavy atom. The molecule has 1 aromatic rings. The largest absolute Gasteiger partial charge is 0.389 e. The van der Waals surface area contributed by atoms with Crippen LogP contribution >= 0.6 is 0 Å². The normalized spacial score (nSPS) is 21.9. The second-order valence-corrected chi connectivity index (χ2v) is 5.69. The van der Waals surface area contributed by atoms with Crippen LogP contribution in [0.3, 0.4) is 0 Å². The van der Waals surface area contributed by atoms with Crippen LogP contribution in [0, 0.1) is 0 Å². The minimum absolute atomic E-state index is 0.00234. The fourth-order valence-corrected chi connectivity index (χ4v) is 2.51. The van der Waals surface area contributed by atoms with E-state index in [1.165, 1.54) is 12.8 Å². The lowest BCUT2D eigenvalue weighted by molar-refractivity contribution is -0.00808. The summed E-state index contributed by atoms with van der Waals surface area (Å²) in [7, 11) is 0. The third kappa shape index (κ3) is 6.14. The lowest BCUT2D eigenvalue weighted by atomic mass is 10.1. The molecule has 0 saturated carbocycles. The van der Waals surface area contributed by atoms with E-state index in [4.69, 9.17) is 9.47 Å². The van der Waals surface area contributed by atoms with Crippen molar-refractivity contribution in [1.29, 1.82) is 0 Å². The van der Waals surface area contributed by atoms with Gasteiger partial charge in [0.25, 0.3) is 0 Å². The summed E-state index contributed by atoms with van der Waals surface area (Å²) in [6.07, 6.45) is 3.35. The Morgan fingerprint density at radius 2 is 2.14 bits per heavy atom.